The fourth-order valence-electron chi connectivity index (χ4n) is 3.17. The SMILES string of the molecule is CC(C)C(=Cc1ccc(C(=O)c2ccc(C(C)C)cc2C(C)C)cc1)C(=O)O. The van der Waals surface area contributed by atoms with Gasteiger partial charge in [-0.25, -0.2) is 4.79 Å². The first kappa shape index (κ1) is 21.6. The fourth-order valence-corrected chi connectivity index (χ4v) is 3.17. The molecule has 0 aliphatic carbocycles. The van der Waals surface area contributed by atoms with Crippen LogP contribution in [0.25, 0.3) is 6.08 Å². The van der Waals surface area contributed by atoms with Crippen molar-refractivity contribution in [1.82, 2.24) is 0 Å². The number of ketones is 1. The second-order valence-corrected chi connectivity index (χ2v) is 8.17. The van der Waals surface area contributed by atoms with E-state index in [9.17, 15) is 14.7 Å². The number of aliphatic carboxylic acids is 1. The van der Waals surface area contributed by atoms with Crippen LogP contribution < -0.4 is 0 Å². The van der Waals surface area contributed by atoms with Gasteiger partial charge in [-0.1, -0.05) is 84.0 Å². The molecule has 0 saturated carbocycles. The molecule has 0 heterocycles. The number of rotatable bonds is 7. The van der Waals surface area contributed by atoms with E-state index in [-0.39, 0.29) is 17.6 Å². The molecule has 0 saturated heterocycles. The molecular weight excluding hydrogens is 348 g/mol. The van der Waals surface area contributed by atoms with Crippen molar-refractivity contribution >= 4 is 17.8 Å². The number of carbonyl (C=O) groups excluding carboxylic acids is 1. The Morgan fingerprint density at radius 2 is 1.46 bits per heavy atom. The summed E-state index contributed by atoms with van der Waals surface area (Å²) in [5.74, 6) is -0.327. The van der Waals surface area contributed by atoms with Gasteiger partial charge in [0.25, 0.3) is 0 Å². The highest BCUT2D eigenvalue weighted by molar-refractivity contribution is 6.10. The van der Waals surface area contributed by atoms with Crippen molar-refractivity contribution in [3.63, 3.8) is 0 Å². The third-order valence-electron chi connectivity index (χ3n) is 4.97. The van der Waals surface area contributed by atoms with Gasteiger partial charge < -0.3 is 5.11 Å². The zero-order valence-corrected chi connectivity index (χ0v) is 17.6. The van der Waals surface area contributed by atoms with Gasteiger partial charge in [-0.3, -0.25) is 4.79 Å². The summed E-state index contributed by atoms with van der Waals surface area (Å²) in [6.07, 6.45) is 1.66. The monoisotopic (exact) mass is 378 g/mol. The predicted molar refractivity (Wildman–Crippen MR) is 115 cm³/mol. The Morgan fingerprint density at radius 1 is 0.857 bits per heavy atom. The highest BCUT2D eigenvalue weighted by Crippen LogP contribution is 2.27. The quantitative estimate of drug-likeness (QED) is 0.455. The van der Waals surface area contributed by atoms with Crippen LogP contribution in [0, 0.1) is 5.92 Å². The second-order valence-electron chi connectivity index (χ2n) is 8.17. The molecule has 148 valence electrons. The van der Waals surface area contributed by atoms with E-state index >= 15 is 0 Å². The van der Waals surface area contributed by atoms with Gasteiger partial charge >= 0.3 is 5.97 Å². The van der Waals surface area contributed by atoms with Gasteiger partial charge in [-0.2, -0.15) is 0 Å². The van der Waals surface area contributed by atoms with E-state index in [1.807, 2.05) is 26.0 Å². The second kappa shape index (κ2) is 9.01. The molecule has 28 heavy (non-hydrogen) atoms. The van der Waals surface area contributed by atoms with Crippen LogP contribution >= 0.6 is 0 Å². The Balaban J connectivity index is 2.38. The summed E-state index contributed by atoms with van der Waals surface area (Å²) >= 11 is 0. The van der Waals surface area contributed by atoms with Crippen LogP contribution in [0.4, 0.5) is 0 Å². The van der Waals surface area contributed by atoms with Gasteiger partial charge in [0.1, 0.15) is 0 Å². The Bertz CT molecular complexity index is 885. The van der Waals surface area contributed by atoms with Crippen molar-refractivity contribution in [1.29, 1.82) is 0 Å². The van der Waals surface area contributed by atoms with Crippen molar-refractivity contribution in [3.05, 3.63) is 75.9 Å². The van der Waals surface area contributed by atoms with E-state index in [0.717, 1.165) is 16.7 Å². The van der Waals surface area contributed by atoms with Crippen LogP contribution in [-0.2, 0) is 4.79 Å². The third kappa shape index (κ3) is 4.98. The van der Waals surface area contributed by atoms with E-state index in [4.69, 9.17) is 0 Å². The Morgan fingerprint density at radius 3 is 1.93 bits per heavy atom. The first-order chi connectivity index (χ1) is 13.1. The maximum absolute atomic E-state index is 13.1. The fraction of sp³-hybridized carbons (Fsp3) is 0.360. The molecule has 0 atom stereocenters. The number of hydrogen-bond acceptors (Lipinski definition) is 2. The molecule has 0 aromatic heterocycles. The van der Waals surface area contributed by atoms with Crippen LogP contribution in [-0.4, -0.2) is 16.9 Å². The lowest BCUT2D eigenvalue weighted by Gasteiger charge is -2.16. The molecule has 0 amide bonds. The highest BCUT2D eigenvalue weighted by Gasteiger charge is 2.17. The van der Waals surface area contributed by atoms with E-state index in [1.54, 1.807) is 30.3 Å². The van der Waals surface area contributed by atoms with Gasteiger partial charge in [0.2, 0.25) is 0 Å². The lowest BCUT2D eigenvalue weighted by Crippen LogP contribution is -2.08. The van der Waals surface area contributed by atoms with Gasteiger partial charge in [0, 0.05) is 16.7 Å². The Kier molecular flexibility index (Phi) is 6.95. The van der Waals surface area contributed by atoms with E-state index in [1.165, 1.54) is 5.56 Å². The summed E-state index contributed by atoms with van der Waals surface area (Å²) in [4.78, 5) is 24.5. The lowest BCUT2D eigenvalue weighted by atomic mass is 9.88. The van der Waals surface area contributed by atoms with E-state index < -0.39 is 5.97 Å². The average Bonchev–Trinajstić information content (AvgIpc) is 2.64. The Hall–Kier alpha value is -2.68. The van der Waals surface area contributed by atoms with Crippen LogP contribution in [0.15, 0.2) is 48.0 Å². The van der Waals surface area contributed by atoms with E-state index in [2.05, 4.69) is 33.8 Å². The molecule has 0 spiro atoms. The molecule has 1 N–H and O–H groups in total. The topological polar surface area (TPSA) is 54.4 Å². The molecule has 0 unspecified atom stereocenters. The standard InChI is InChI=1S/C25H30O3/c1-15(2)20-11-12-21(22(14-20)16(3)4)24(26)19-9-7-18(8-10-19)13-23(17(5)6)25(27)28/h7-17H,1-6H3,(H,27,28). The number of carboxylic acid groups (broad SMARTS) is 1. The molecule has 0 bridgehead atoms. The maximum Gasteiger partial charge on any atom is 0.331 e. The Labute approximate surface area is 168 Å². The molecule has 2 rings (SSSR count). The van der Waals surface area contributed by atoms with Crippen LogP contribution in [0.3, 0.4) is 0 Å². The van der Waals surface area contributed by atoms with Crippen molar-refractivity contribution < 1.29 is 14.7 Å². The van der Waals surface area contributed by atoms with Crippen molar-refractivity contribution in [3.8, 4) is 0 Å². The average molecular weight is 379 g/mol. The summed E-state index contributed by atoms with van der Waals surface area (Å²) in [5, 5.41) is 9.32. The van der Waals surface area contributed by atoms with Crippen molar-refractivity contribution in [2.75, 3.05) is 0 Å². The molecule has 0 fully saturated rings. The predicted octanol–water partition coefficient (Wildman–Crippen LogP) is 6.29. The van der Waals surface area contributed by atoms with Crippen LogP contribution in [0.5, 0.6) is 0 Å². The van der Waals surface area contributed by atoms with Crippen LogP contribution in [0.2, 0.25) is 0 Å². The molecule has 0 aliphatic heterocycles. The first-order valence-corrected chi connectivity index (χ1v) is 9.85. The zero-order valence-electron chi connectivity index (χ0n) is 17.6. The van der Waals surface area contributed by atoms with Crippen LogP contribution in [0.1, 0.15) is 86.0 Å². The molecule has 2 aromatic carbocycles. The van der Waals surface area contributed by atoms with Gasteiger partial charge in [-0.05, 0) is 40.5 Å². The largest absolute Gasteiger partial charge is 0.478 e. The molecule has 0 radical (unpaired) electrons. The van der Waals surface area contributed by atoms with Crippen molar-refractivity contribution in [2.45, 2.75) is 53.4 Å². The smallest absolute Gasteiger partial charge is 0.331 e. The molecule has 2 aromatic rings. The normalized spacial score (nSPS) is 12.1. The number of carboxylic acids is 1. The summed E-state index contributed by atoms with van der Waals surface area (Å²) in [5.41, 5.74) is 4.77. The minimum Gasteiger partial charge on any atom is -0.478 e. The van der Waals surface area contributed by atoms with Gasteiger partial charge in [-0.15, -0.1) is 0 Å². The first-order valence-electron chi connectivity index (χ1n) is 9.85. The van der Waals surface area contributed by atoms with E-state index in [0.29, 0.717) is 17.1 Å². The minimum absolute atomic E-state index is 0.00291. The zero-order chi connectivity index (χ0) is 21.0. The molecule has 3 nitrogen and oxygen atoms in total. The summed E-state index contributed by atoms with van der Waals surface area (Å²) < 4.78 is 0. The lowest BCUT2D eigenvalue weighted by molar-refractivity contribution is -0.133. The highest BCUT2D eigenvalue weighted by atomic mass is 16.4. The minimum atomic E-state index is -0.915. The summed E-state index contributed by atoms with van der Waals surface area (Å²) in [6, 6.07) is 13.3. The number of carbonyl (C=O) groups is 2. The molecule has 3 heteroatoms. The maximum atomic E-state index is 13.1. The third-order valence-corrected chi connectivity index (χ3v) is 4.97. The molecular formula is C25H30O3. The molecule has 0 aliphatic rings. The van der Waals surface area contributed by atoms with Crippen molar-refractivity contribution in [2.24, 2.45) is 5.92 Å². The number of hydrogen-bond donors (Lipinski definition) is 1. The summed E-state index contributed by atoms with van der Waals surface area (Å²) in [6.45, 7) is 12.2. The number of benzene rings is 2. The van der Waals surface area contributed by atoms with Gasteiger partial charge in [0.05, 0.1) is 0 Å². The van der Waals surface area contributed by atoms with Gasteiger partial charge in [0.15, 0.2) is 5.78 Å². The summed E-state index contributed by atoms with van der Waals surface area (Å²) in [7, 11) is 0.